The van der Waals surface area contributed by atoms with Crippen LogP contribution in [-0.2, 0) is 11.2 Å². The average molecular weight is 618 g/mol. The number of halogens is 3. The fourth-order valence-electron chi connectivity index (χ4n) is 5.93. The molecule has 3 aliphatic heterocycles. The summed E-state index contributed by atoms with van der Waals surface area (Å²) in [7, 11) is 0. The van der Waals surface area contributed by atoms with Gasteiger partial charge in [-0.1, -0.05) is 0 Å². The van der Waals surface area contributed by atoms with Gasteiger partial charge in [-0.2, -0.15) is 0 Å². The maximum absolute atomic E-state index is 14.8. The Morgan fingerprint density at radius 1 is 1.07 bits per heavy atom. The van der Waals surface area contributed by atoms with Gasteiger partial charge in [0.05, 0.1) is 31.6 Å². The van der Waals surface area contributed by atoms with Crippen LogP contribution in [0.5, 0.6) is 5.75 Å². The third-order valence-corrected chi connectivity index (χ3v) is 8.97. The van der Waals surface area contributed by atoms with Crippen LogP contribution >= 0.6 is 11.6 Å². The summed E-state index contributed by atoms with van der Waals surface area (Å²) in [4.78, 5) is 16.8. The SMILES string of the molecule is O=C(Cc1c(F)cc(OCCCC2CCN(C3NCC(Cl)CN3)CC2)cc1F)N1CC[C@@H](CNCC(O)(CO)CO)C1. The quantitative estimate of drug-likeness (QED) is 0.131. The topological polar surface area (TPSA) is 130 Å². The molecule has 1 atom stereocenters. The molecule has 0 spiro atoms. The lowest BCUT2D eigenvalue weighted by Crippen LogP contribution is -2.62. The number of rotatable bonds is 14. The number of carbonyl (C=O) groups is 1. The van der Waals surface area contributed by atoms with Gasteiger partial charge in [0.1, 0.15) is 29.3 Å². The normalized spacial score (nSPS) is 24.3. The van der Waals surface area contributed by atoms with Gasteiger partial charge < -0.3 is 30.3 Å². The van der Waals surface area contributed by atoms with Crippen molar-refractivity contribution in [3.05, 3.63) is 29.3 Å². The highest BCUT2D eigenvalue weighted by Gasteiger charge is 2.30. The first-order valence-corrected chi connectivity index (χ1v) is 15.5. The van der Waals surface area contributed by atoms with Crippen molar-refractivity contribution in [2.24, 2.45) is 11.8 Å². The first-order chi connectivity index (χ1) is 20.2. The number of benzene rings is 1. The summed E-state index contributed by atoms with van der Waals surface area (Å²) >= 11 is 6.13. The standard InChI is InChI=1S/C29H46ClF2N5O5/c30-22-14-34-28(35-15-22)36-6-3-20(4-7-36)2-1-9-42-23-10-25(31)24(26(32)11-23)12-27(40)37-8-5-21(16-37)13-33-17-29(41,18-38)19-39/h10-11,20-22,28,33-35,38-39,41H,1-9,12-19H2/t21-,22?,28?/m0/s1. The number of carbonyl (C=O) groups excluding carboxylic acids is 1. The van der Waals surface area contributed by atoms with Crippen LogP contribution in [0.25, 0.3) is 0 Å². The Kier molecular flexibility index (Phi) is 12.6. The summed E-state index contributed by atoms with van der Waals surface area (Å²) in [6, 6.07) is 2.31. The zero-order valence-corrected chi connectivity index (χ0v) is 24.9. The third kappa shape index (κ3) is 9.43. The van der Waals surface area contributed by atoms with Gasteiger partial charge in [0, 0.05) is 63.5 Å². The van der Waals surface area contributed by atoms with Crippen LogP contribution in [0.1, 0.15) is 37.7 Å². The zero-order valence-electron chi connectivity index (χ0n) is 24.2. The van der Waals surface area contributed by atoms with Crippen molar-refractivity contribution >= 4 is 17.5 Å². The summed E-state index contributed by atoms with van der Waals surface area (Å²) < 4.78 is 35.3. The molecule has 1 aromatic rings. The smallest absolute Gasteiger partial charge is 0.227 e. The molecule has 6 N–H and O–H groups in total. The van der Waals surface area contributed by atoms with E-state index in [0.717, 1.165) is 64.0 Å². The van der Waals surface area contributed by atoms with Crippen LogP contribution < -0.4 is 20.7 Å². The molecule has 1 aromatic carbocycles. The van der Waals surface area contributed by atoms with E-state index >= 15 is 0 Å². The second kappa shape index (κ2) is 15.9. The Morgan fingerprint density at radius 2 is 1.71 bits per heavy atom. The minimum absolute atomic E-state index is 0.0148. The Bertz CT molecular complexity index is 984. The molecule has 3 saturated heterocycles. The van der Waals surface area contributed by atoms with E-state index in [2.05, 4.69) is 20.9 Å². The van der Waals surface area contributed by atoms with Gasteiger partial charge in [-0.15, -0.1) is 11.6 Å². The van der Waals surface area contributed by atoms with Crippen LogP contribution in [0.2, 0.25) is 0 Å². The number of alkyl halides is 1. The van der Waals surface area contributed by atoms with Crippen LogP contribution in [-0.4, -0.2) is 120 Å². The molecule has 0 radical (unpaired) electrons. The van der Waals surface area contributed by atoms with Gasteiger partial charge in [0.25, 0.3) is 0 Å². The van der Waals surface area contributed by atoms with E-state index in [0.29, 0.717) is 38.6 Å². The number of aliphatic hydroxyl groups excluding tert-OH is 2. The van der Waals surface area contributed by atoms with E-state index in [1.165, 1.54) is 0 Å². The second-order valence-corrected chi connectivity index (χ2v) is 12.6. The van der Waals surface area contributed by atoms with Gasteiger partial charge in [-0.3, -0.25) is 20.3 Å². The van der Waals surface area contributed by atoms with Crippen LogP contribution in [0, 0.1) is 23.5 Å². The monoisotopic (exact) mass is 617 g/mol. The number of hydrogen-bond acceptors (Lipinski definition) is 9. The van der Waals surface area contributed by atoms with Crippen LogP contribution in [0.4, 0.5) is 8.78 Å². The first-order valence-electron chi connectivity index (χ1n) is 15.1. The number of ether oxygens (including phenoxy) is 1. The van der Waals surface area contributed by atoms with Gasteiger partial charge in [0.15, 0.2) is 0 Å². The lowest BCUT2D eigenvalue weighted by molar-refractivity contribution is -0.129. The van der Waals surface area contributed by atoms with Crippen LogP contribution in [0.15, 0.2) is 12.1 Å². The fraction of sp³-hybridized carbons (Fsp3) is 0.759. The van der Waals surface area contributed by atoms with E-state index in [1.54, 1.807) is 4.90 Å². The van der Waals surface area contributed by atoms with E-state index < -0.39 is 30.4 Å². The molecular formula is C29H46ClF2N5O5. The molecule has 3 heterocycles. The highest BCUT2D eigenvalue weighted by Crippen LogP contribution is 2.26. The van der Waals surface area contributed by atoms with E-state index in [1.807, 2.05) is 0 Å². The Hall–Kier alpha value is -1.64. The Balaban J connectivity index is 1.14. The van der Waals surface area contributed by atoms with E-state index in [4.69, 9.17) is 26.6 Å². The number of amides is 1. The minimum atomic E-state index is -1.60. The summed E-state index contributed by atoms with van der Waals surface area (Å²) in [5, 5.41) is 38.3. The van der Waals surface area contributed by atoms with Gasteiger partial charge >= 0.3 is 0 Å². The van der Waals surface area contributed by atoms with Crippen molar-refractivity contribution in [3.63, 3.8) is 0 Å². The number of nitrogens with zero attached hydrogens (tertiary/aromatic N) is 2. The minimum Gasteiger partial charge on any atom is -0.493 e. The van der Waals surface area contributed by atoms with Crippen LogP contribution in [0.3, 0.4) is 0 Å². The Labute approximate surface area is 251 Å². The number of nitrogens with one attached hydrogen (secondary N) is 3. The molecule has 3 fully saturated rings. The maximum Gasteiger partial charge on any atom is 0.227 e. The largest absolute Gasteiger partial charge is 0.493 e. The average Bonchev–Trinajstić information content (AvgIpc) is 3.47. The molecule has 3 aliphatic rings. The third-order valence-electron chi connectivity index (χ3n) is 8.66. The van der Waals surface area contributed by atoms with Crippen molar-refractivity contribution < 1.29 is 33.6 Å². The molecule has 13 heteroatoms. The lowest BCUT2D eigenvalue weighted by atomic mass is 9.92. The lowest BCUT2D eigenvalue weighted by Gasteiger charge is -2.41. The van der Waals surface area contributed by atoms with Crippen molar-refractivity contribution in [1.82, 2.24) is 25.8 Å². The maximum atomic E-state index is 14.8. The molecule has 4 rings (SSSR count). The van der Waals surface area contributed by atoms with Crippen molar-refractivity contribution in [2.45, 2.75) is 55.8 Å². The van der Waals surface area contributed by atoms with E-state index in [9.17, 15) is 18.7 Å². The molecule has 0 aliphatic carbocycles. The molecule has 0 unspecified atom stereocenters. The highest BCUT2D eigenvalue weighted by molar-refractivity contribution is 6.21. The fourth-order valence-corrected chi connectivity index (χ4v) is 6.11. The highest BCUT2D eigenvalue weighted by atomic mass is 35.5. The summed E-state index contributed by atoms with van der Waals surface area (Å²) in [5.74, 6) is -1.11. The molecular weight excluding hydrogens is 572 g/mol. The van der Waals surface area contributed by atoms with Gasteiger partial charge in [-0.25, -0.2) is 8.78 Å². The number of piperidine rings is 1. The number of hydrogen-bond donors (Lipinski definition) is 6. The first kappa shape index (κ1) is 33.3. The molecule has 10 nitrogen and oxygen atoms in total. The summed E-state index contributed by atoms with van der Waals surface area (Å²) in [5.41, 5.74) is -1.86. The predicted molar refractivity (Wildman–Crippen MR) is 155 cm³/mol. The summed E-state index contributed by atoms with van der Waals surface area (Å²) in [6.07, 6.45) is 4.51. The second-order valence-electron chi connectivity index (χ2n) is 12.0. The van der Waals surface area contributed by atoms with Gasteiger partial charge in [-0.05, 0) is 50.5 Å². The molecule has 0 aromatic heterocycles. The summed E-state index contributed by atoms with van der Waals surface area (Å²) in [6.45, 7) is 4.25. The zero-order chi connectivity index (χ0) is 30.1. The van der Waals surface area contributed by atoms with Gasteiger partial charge in [0.2, 0.25) is 5.91 Å². The van der Waals surface area contributed by atoms with Crippen molar-refractivity contribution in [2.75, 3.05) is 72.2 Å². The van der Waals surface area contributed by atoms with Crippen molar-refractivity contribution in [3.8, 4) is 5.75 Å². The predicted octanol–water partition coefficient (Wildman–Crippen LogP) is 0.616. The molecule has 0 saturated carbocycles. The van der Waals surface area contributed by atoms with Crippen molar-refractivity contribution in [1.29, 1.82) is 0 Å². The van der Waals surface area contributed by atoms with E-state index in [-0.39, 0.29) is 47.8 Å². The molecule has 0 bridgehead atoms. The Morgan fingerprint density at radius 3 is 2.36 bits per heavy atom. The number of likely N-dealkylation sites (tertiary alicyclic amines) is 2. The molecule has 238 valence electrons. The molecule has 42 heavy (non-hydrogen) atoms. The molecule has 1 amide bonds. The number of aliphatic hydroxyl groups is 3.